The molecular weight excluding hydrogens is 398 g/mol. The monoisotopic (exact) mass is 415 g/mol. The molecule has 0 bridgehead atoms. The molecule has 0 radical (unpaired) electrons. The van der Waals surface area contributed by atoms with Crippen molar-refractivity contribution < 1.29 is 23.8 Å². The van der Waals surface area contributed by atoms with Gasteiger partial charge in [-0.3, -0.25) is 9.59 Å². The fraction of sp³-hybridized carbons (Fsp3) is 0.125. The van der Waals surface area contributed by atoms with Crippen LogP contribution in [0.3, 0.4) is 0 Å². The second kappa shape index (κ2) is 7.28. The minimum absolute atomic E-state index is 0.00922. The number of benzene rings is 2. The van der Waals surface area contributed by atoms with E-state index in [-0.39, 0.29) is 28.9 Å². The van der Waals surface area contributed by atoms with Gasteiger partial charge in [0.05, 0.1) is 13.5 Å². The quantitative estimate of drug-likeness (QED) is 0.496. The van der Waals surface area contributed by atoms with Crippen molar-refractivity contribution in [1.82, 2.24) is 4.98 Å². The Bertz CT molecular complexity index is 1380. The lowest BCUT2D eigenvalue weighted by Gasteiger charge is -2.27. The number of pyridine rings is 1. The molecule has 2 aromatic carbocycles. The van der Waals surface area contributed by atoms with Gasteiger partial charge in [0.1, 0.15) is 28.2 Å². The Morgan fingerprint density at radius 2 is 1.97 bits per heavy atom. The molecule has 1 aliphatic heterocycles. The fourth-order valence-electron chi connectivity index (χ4n) is 3.95. The number of carbonyl (C=O) groups excluding carboxylic acids is 1. The van der Waals surface area contributed by atoms with Gasteiger partial charge in [-0.25, -0.2) is 4.98 Å². The van der Waals surface area contributed by atoms with Gasteiger partial charge in [0, 0.05) is 40.9 Å². The molecule has 0 spiro atoms. The fourth-order valence-corrected chi connectivity index (χ4v) is 3.95. The number of hydrogen-bond donors (Lipinski definition) is 1. The minimum atomic E-state index is -0.530. The number of fused-ring (bicyclic) bond motifs is 4. The number of esters is 1. The third-order valence-electron chi connectivity index (χ3n) is 5.37. The number of carbonyl (C=O) groups is 1. The Hall–Kier alpha value is -4.13. The van der Waals surface area contributed by atoms with E-state index in [9.17, 15) is 14.7 Å². The lowest BCUT2D eigenvalue weighted by molar-refractivity contribution is -0.140. The first-order valence-corrected chi connectivity index (χ1v) is 9.65. The van der Waals surface area contributed by atoms with E-state index < -0.39 is 17.3 Å². The third-order valence-corrected chi connectivity index (χ3v) is 5.37. The molecule has 0 aliphatic carbocycles. The normalized spacial score (nSPS) is 14.4. The summed E-state index contributed by atoms with van der Waals surface area (Å²) < 4.78 is 17.0. The van der Waals surface area contributed by atoms with Crippen LogP contribution < -0.4 is 10.2 Å². The Kier molecular flexibility index (Phi) is 4.43. The molecule has 0 unspecified atom stereocenters. The van der Waals surface area contributed by atoms with Gasteiger partial charge in [0.15, 0.2) is 5.43 Å². The van der Waals surface area contributed by atoms with Crippen molar-refractivity contribution >= 4 is 16.9 Å². The van der Waals surface area contributed by atoms with E-state index in [1.807, 2.05) is 30.3 Å². The van der Waals surface area contributed by atoms with Crippen LogP contribution in [0.25, 0.3) is 22.3 Å². The maximum absolute atomic E-state index is 12.9. The topological polar surface area (TPSA) is 98.9 Å². The second-order valence-electron chi connectivity index (χ2n) is 7.19. The van der Waals surface area contributed by atoms with E-state index >= 15 is 0 Å². The molecule has 5 rings (SSSR count). The zero-order valence-electron chi connectivity index (χ0n) is 16.5. The van der Waals surface area contributed by atoms with Crippen LogP contribution in [0.4, 0.5) is 0 Å². The van der Waals surface area contributed by atoms with Crippen LogP contribution in [-0.2, 0) is 9.53 Å². The lowest BCUT2D eigenvalue weighted by Crippen LogP contribution is -2.17. The zero-order valence-corrected chi connectivity index (χ0v) is 16.5. The van der Waals surface area contributed by atoms with Gasteiger partial charge in [-0.1, -0.05) is 36.4 Å². The number of aromatic hydroxyl groups is 1. The summed E-state index contributed by atoms with van der Waals surface area (Å²) in [6, 6.07) is 15.4. The summed E-state index contributed by atoms with van der Waals surface area (Å²) in [5.41, 5.74) is 1.65. The average Bonchev–Trinajstić information content (AvgIpc) is 2.78. The minimum Gasteiger partial charge on any atom is -0.507 e. The first kappa shape index (κ1) is 18.9. The van der Waals surface area contributed by atoms with Crippen LogP contribution in [-0.4, -0.2) is 23.2 Å². The van der Waals surface area contributed by atoms with Gasteiger partial charge >= 0.3 is 5.97 Å². The van der Waals surface area contributed by atoms with E-state index in [1.165, 1.54) is 19.2 Å². The van der Waals surface area contributed by atoms with Crippen LogP contribution in [0.1, 0.15) is 23.5 Å². The van der Waals surface area contributed by atoms with Crippen molar-refractivity contribution in [1.29, 1.82) is 0 Å². The summed E-state index contributed by atoms with van der Waals surface area (Å²) in [5, 5.41) is 10.6. The van der Waals surface area contributed by atoms with Crippen molar-refractivity contribution in [2.24, 2.45) is 0 Å². The van der Waals surface area contributed by atoms with Crippen molar-refractivity contribution in [3.8, 4) is 28.7 Å². The summed E-state index contributed by atoms with van der Waals surface area (Å²) in [7, 11) is 1.31. The van der Waals surface area contributed by atoms with Gasteiger partial charge in [0.2, 0.25) is 5.88 Å². The number of ether oxygens (including phenoxy) is 2. The van der Waals surface area contributed by atoms with Crippen LogP contribution in [0.2, 0.25) is 0 Å². The predicted octanol–water partition coefficient (Wildman–Crippen LogP) is 4.36. The summed E-state index contributed by atoms with van der Waals surface area (Å²) >= 11 is 0. The molecule has 7 nitrogen and oxygen atoms in total. The van der Waals surface area contributed by atoms with Crippen molar-refractivity contribution in [2.45, 2.75) is 12.3 Å². The first-order chi connectivity index (χ1) is 15.1. The van der Waals surface area contributed by atoms with Gasteiger partial charge in [0.25, 0.3) is 0 Å². The van der Waals surface area contributed by atoms with Crippen LogP contribution in [0, 0.1) is 0 Å². The molecule has 0 fully saturated rings. The largest absolute Gasteiger partial charge is 0.507 e. The lowest BCUT2D eigenvalue weighted by atomic mass is 9.85. The van der Waals surface area contributed by atoms with Crippen molar-refractivity contribution in [3.05, 3.63) is 82.1 Å². The highest BCUT2D eigenvalue weighted by molar-refractivity contribution is 5.91. The number of aromatic nitrogens is 1. The zero-order chi connectivity index (χ0) is 21.5. The summed E-state index contributed by atoms with van der Waals surface area (Å²) in [6.07, 6.45) is 1.57. The average molecular weight is 415 g/mol. The third kappa shape index (κ3) is 3.11. The van der Waals surface area contributed by atoms with E-state index in [0.29, 0.717) is 28.3 Å². The summed E-state index contributed by atoms with van der Waals surface area (Å²) in [5.74, 6) is -0.284. The Balaban J connectivity index is 1.83. The van der Waals surface area contributed by atoms with Crippen molar-refractivity contribution in [2.75, 3.05) is 7.11 Å². The Morgan fingerprint density at radius 1 is 1.16 bits per heavy atom. The highest BCUT2D eigenvalue weighted by Gasteiger charge is 2.34. The SMILES string of the molecule is COC(=O)C[C@H]1c2cccnc2Oc2cc(O)c3c(=O)cc(-c4ccccc4)oc3c21. The highest BCUT2D eigenvalue weighted by atomic mass is 16.5. The van der Waals surface area contributed by atoms with E-state index in [4.69, 9.17) is 13.9 Å². The first-order valence-electron chi connectivity index (χ1n) is 9.65. The molecule has 7 heteroatoms. The van der Waals surface area contributed by atoms with Crippen LogP contribution in [0.5, 0.6) is 17.4 Å². The van der Waals surface area contributed by atoms with E-state index in [1.54, 1.807) is 18.3 Å². The Labute approximate surface area is 176 Å². The van der Waals surface area contributed by atoms with Gasteiger partial charge in [-0.2, -0.15) is 0 Å². The van der Waals surface area contributed by atoms with Gasteiger partial charge < -0.3 is 19.0 Å². The molecule has 4 aromatic rings. The number of methoxy groups -OCH3 is 1. The second-order valence-corrected chi connectivity index (χ2v) is 7.19. The molecular formula is C24H17NO6. The number of rotatable bonds is 3. The molecule has 1 atom stereocenters. The Morgan fingerprint density at radius 3 is 2.74 bits per heavy atom. The standard InChI is InChI=1S/C24H17NO6/c1-29-20(28)10-15-14-8-5-9-25-24(14)31-19-12-17(27)22-16(26)11-18(30-23(22)21(15)19)13-6-3-2-4-7-13/h2-9,11-12,15,27H,10H2,1H3/t15-/m0/s1. The van der Waals surface area contributed by atoms with Gasteiger partial charge in [-0.05, 0) is 6.07 Å². The molecule has 0 amide bonds. The molecule has 1 N–H and O–H groups in total. The maximum atomic E-state index is 12.9. The highest BCUT2D eigenvalue weighted by Crippen LogP contribution is 2.49. The molecule has 0 saturated carbocycles. The van der Waals surface area contributed by atoms with E-state index in [2.05, 4.69) is 4.98 Å². The number of phenolic OH excluding ortho intramolecular Hbond substituents is 1. The smallest absolute Gasteiger partial charge is 0.306 e. The predicted molar refractivity (Wildman–Crippen MR) is 112 cm³/mol. The molecule has 0 saturated heterocycles. The number of hydrogen-bond acceptors (Lipinski definition) is 7. The molecule has 154 valence electrons. The molecule has 31 heavy (non-hydrogen) atoms. The van der Waals surface area contributed by atoms with Crippen LogP contribution in [0.15, 0.2) is 70.0 Å². The number of phenols is 1. The van der Waals surface area contributed by atoms with Crippen LogP contribution >= 0.6 is 0 Å². The number of nitrogens with zero attached hydrogens (tertiary/aromatic N) is 1. The van der Waals surface area contributed by atoms with Crippen molar-refractivity contribution in [3.63, 3.8) is 0 Å². The molecule has 2 aromatic heterocycles. The van der Waals surface area contributed by atoms with Gasteiger partial charge in [-0.15, -0.1) is 0 Å². The van der Waals surface area contributed by atoms with E-state index in [0.717, 1.165) is 0 Å². The molecule has 3 heterocycles. The summed E-state index contributed by atoms with van der Waals surface area (Å²) in [6.45, 7) is 0. The maximum Gasteiger partial charge on any atom is 0.306 e. The molecule has 1 aliphatic rings. The summed E-state index contributed by atoms with van der Waals surface area (Å²) in [4.78, 5) is 29.4.